The van der Waals surface area contributed by atoms with Crippen molar-refractivity contribution < 1.29 is 4.74 Å². The minimum Gasteiger partial charge on any atom is -0.497 e. The predicted molar refractivity (Wildman–Crippen MR) is 74.4 cm³/mol. The molecule has 19 heavy (non-hydrogen) atoms. The summed E-state index contributed by atoms with van der Waals surface area (Å²) in [7, 11) is 1.60. The van der Waals surface area contributed by atoms with Gasteiger partial charge < -0.3 is 20.8 Å². The lowest BCUT2D eigenvalue weighted by atomic mass is 10.1. The van der Waals surface area contributed by atoms with E-state index in [1.54, 1.807) is 7.11 Å². The van der Waals surface area contributed by atoms with Crippen LogP contribution in [0.3, 0.4) is 0 Å². The molecule has 0 spiro atoms. The summed E-state index contributed by atoms with van der Waals surface area (Å²) in [5.41, 5.74) is 7.33. The van der Waals surface area contributed by atoms with Gasteiger partial charge in [0, 0.05) is 18.7 Å². The first-order valence-electron chi connectivity index (χ1n) is 5.92. The van der Waals surface area contributed by atoms with Crippen molar-refractivity contribution in [3.63, 3.8) is 0 Å². The Kier molecular flexibility index (Phi) is 4.15. The highest BCUT2D eigenvalue weighted by molar-refractivity contribution is 5.74. The Hall–Kier alpha value is -2.34. The monoisotopic (exact) mass is 260 g/mol. The van der Waals surface area contributed by atoms with Crippen LogP contribution in [0.4, 0.5) is 5.69 Å². The molecule has 0 saturated heterocycles. The largest absolute Gasteiger partial charge is 0.497 e. The van der Waals surface area contributed by atoms with Gasteiger partial charge in [0.2, 0.25) is 0 Å². The highest BCUT2D eigenvalue weighted by Gasteiger charge is 2.07. The third-order valence-corrected chi connectivity index (χ3v) is 2.63. The topological polar surface area (TPSA) is 93.0 Å². The van der Waals surface area contributed by atoms with E-state index in [9.17, 15) is 4.79 Å². The van der Waals surface area contributed by atoms with E-state index >= 15 is 0 Å². The van der Waals surface area contributed by atoms with E-state index in [1.807, 2.05) is 24.3 Å². The van der Waals surface area contributed by atoms with E-state index in [0.717, 1.165) is 17.0 Å². The molecule has 1 aromatic heterocycles. The Labute approximate surface area is 110 Å². The highest BCUT2D eigenvalue weighted by atomic mass is 16.5. The van der Waals surface area contributed by atoms with E-state index in [-0.39, 0.29) is 0 Å². The fourth-order valence-electron chi connectivity index (χ4n) is 1.74. The SMILES string of the molecule is COc1cccc(-c2[nH]c(=O)ncc2NCCN)c1. The number of rotatable bonds is 5. The molecule has 0 aliphatic rings. The fraction of sp³-hybridized carbons (Fsp3) is 0.231. The maximum absolute atomic E-state index is 11.4. The van der Waals surface area contributed by atoms with Crippen LogP contribution in [0.15, 0.2) is 35.3 Å². The summed E-state index contributed by atoms with van der Waals surface area (Å²) in [5.74, 6) is 0.722. The lowest BCUT2D eigenvalue weighted by Crippen LogP contribution is -2.17. The second-order valence-corrected chi connectivity index (χ2v) is 3.92. The summed E-state index contributed by atoms with van der Waals surface area (Å²) in [4.78, 5) is 17.8. The molecule has 0 bridgehead atoms. The molecule has 2 aromatic rings. The fourth-order valence-corrected chi connectivity index (χ4v) is 1.74. The van der Waals surface area contributed by atoms with Crippen molar-refractivity contribution in [2.24, 2.45) is 5.73 Å². The maximum Gasteiger partial charge on any atom is 0.345 e. The summed E-state index contributed by atoms with van der Waals surface area (Å²) < 4.78 is 5.18. The van der Waals surface area contributed by atoms with Gasteiger partial charge in [-0.15, -0.1) is 0 Å². The average Bonchev–Trinajstić information content (AvgIpc) is 2.46. The molecule has 0 aliphatic heterocycles. The molecule has 0 amide bonds. The standard InChI is InChI=1S/C13H16N4O2/c1-19-10-4-2-3-9(7-10)12-11(15-6-5-14)8-16-13(18)17-12/h2-4,7-8,15H,5-6,14H2,1H3,(H,16,17,18). The van der Waals surface area contributed by atoms with Crippen LogP contribution in [0.25, 0.3) is 11.3 Å². The van der Waals surface area contributed by atoms with Crippen molar-refractivity contribution >= 4 is 5.69 Å². The maximum atomic E-state index is 11.4. The van der Waals surface area contributed by atoms with Gasteiger partial charge in [0.15, 0.2) is 0 Å². The Balaban J connectivity index is 2.46. The highest BCUT2D eigenvalue weighted by Crippen LogP contribution is 2.26. The van der Waals surface area contributed by atoms with Crippen LogP contribution in [0.1, 0.15) is 0 Å². The summed E-state index contributed by atoms with van der Waals surface area (Å²) in [6, 6.07) is 7.44. The minimum absolute atomic E-state index is 0.392. The minimum atomic E-state index is -0.392. The van der Waals surface area contributed by atoms with Crippen LogP contribution in [0, 0.1) is 0 Å². The van der Waals surface area contributed by atoms with Gasteiger partial charge in [-0.3, -0.25) is 0 Å². The second kappa shape index (κ2) is 6.01. The Morgan fingerprint density at radius 1 is 1.47 bits per heavy atom. The molecule has 6 heteroatoms. The molecule has 0 atom stereocenters. The zero-order valence-corrected chi connectivity index (χ0v) is 10.6. The van der Waals surface area contributed by atoms with Crippen LogP contribution in [-0.4, -0.2) is 30.2 Å². The number of H-pyrrole nitrogens is 1. The van der Waals surface area contributed by atoms with Crippen LogP contribution in [0.5, 0.6) is 5.75 Å². The summed E-state index contributed by atoms with van der Waals surface area (Å²) in [5, 5.41) is 3.13. The van der Waals surface area contributed by atoms with Crippen LogP contribution >= 0.6 is 0 Å². The van der Waals surface area contributed by atoms with Gasteiger partial charge in [-0.2, -0.15) is 4.98 Å². The molecule has 6 nitrogen and oxygen atoms in total. The first-order valence-corrected chi connectivity index (χ1v) is 5.92. The zero-order valence-electron chi connectivity index (χ0n) is 10.6. The van der Waals surface area contributed by atoms with Crippen molar-refractivity contribution in [2.45, 2.75) is 0 Å². The van der Waals surface area contributed by atoms with Gasteiger partial charge in [0.25, 0.3) is 0 Å². The number of benzene rings is 1. The molecule has 4 N–H and O–H groups in total. The molecule has 0 fully saturated rings. The molecular formula is C13H16N4O2. The summed E-state index contributed by atoms with van der Waals surface area (Å²) in [6.07, 6.45) is 1.50. The number of nitrogens with zero attached hydrogens (tertiary/aromatic N) is 1. The summed E-state index contributed by atoms with van der Waals surface area (Å²) >= 11 is 0. The molecule has 0 saturated carbocycles. The smallest absolute Gasteiger partial charge is 0.345 e. The number of nitrogens with two attached hydrogens (primary N) is 1. The van der Waals surface area contributed by atoms with Gasteiger partial charge in [0.1, 0.15) is 5.75 Å². The molecule has 0 aliphatic carbocycles. The number of aromatic amines is 1. The van der Waals surface area contributed by atoms with E-state index < -0.39 is 5.69 Å². The second-order valence-electron chi connectivity index (χ2n) is 3.92. The van der Waals surface area contributed by atoms with Gasteiger partial charge in [-0.25, -0.2) is 4.79 Å². The lowest BCUT2D eigenvalue weighted by molar-refractivity contribution is 0.415. The first-order chi connectivity index (χ1) is 9.24. The van der Waals surface area contributed by atoms with Crippen LogP contribution < -0.4 is 21.5 Å². The molecule has 1 heterocycles. The van der Waals surface area contributed by atoms with E-state index in [0.29, 0.717) is 18.8 Å². The number of nitrogens with one attached hydrogen (secondary N) is 2. The number of hydrogen-bond acceptors (Lipinski definition) is 5. The van der Waals surface area contributed by atoms with Crippen LogP contribution in [-0.2, 0) is 0 Å². The van der Waals surface area contributed by atoms with E-state index in [2.05, 4.69) is 15.3 Å². The number of methoxy groups -OCH3 is 1. The molecule has 0 unspecified atom stereocenters. The van der Waals surface area contributed by atoms with Crippen LogP contribution in [0.2, 0.25) is 0 Å². The Morgan fingerprint density at radius 3 is 3.05 bits per heavy atom. The number of hydrogen-bond donors (Lipinski definition) is 3. The number of anilines is 1. The van der Waals surface area contributed by atoms with Gasteiger partial charge in [-0.05, 0) is 12.1 Å². The van der Waals surface area contributed by atoms with Crippen molar-refractivity contribution in [1.29, 1.82) is 0 Å². The molecule has 0 radical (unpaired) electrons. The third kappa shape index (κ3) is 3.11. The molecule has 100 valence electrons. The van der Waals surface area contributed by atoms with Gasteiger partial charge in [0.05, 0.1) is 24.7 Å². The lowest BCUT2D eigenvalue weighted by Gasteiger charge is -2.11. The first kappa shape index (κ1) is 13.1. The van der Waals surface area contributed by atoms with E-state index in [1.165, 1.54) is 6.20 Å². The number of aromatic nitrogens is 2. The molecule has 2 rings (SSSR count). The van der Waals surface area contributed by atoms with Crippen molar-refractivity contribution in [3.8, 4) is 17.0 Å². The van der Waals surface area contributed by atoms with Gasteiger partial charge in [-0.1, -0.05) is 12.1 Å². The third-order valence-electron chi connectivity index (χ3n) is 2.63. The van der Waals surface area contributed by atoms with E-state index in [4.69, 9.17) is 10.5 Å². The quantitative estimate of drug-likeness (QED) is 0.740. The van der Waals surface area contributed by atoms with Crippen molar-refractivity contribution in [3.05, 3.63) is 40.9 Å². The summed E-state index contributed by atoms with van der Waals surface area (Å²) in [6.45, 7) is 1.10. The van der Waals surface area contributed by atoms with Gasteiger partial charge >= 0.3 is 5.69 Å². The Morgan fingerprint density at radius 2 is 2.32 bits per heavy atom. The number of ether oxygens (including phenoxy) is 1. The predicted octanol–water partition coefficient (Wildman–Crippen LogP) is 0.816. The Bertz CT molecular complexity index is 610. The van der Waals surface area contributed by atoms with Crippen molar-refractivity contribution in [1.82, 2.24) is 9.97 Å². The molecule has 1 aromatic carbocycles. The molecular weight excluding hydrogens is 244 g/mol. The normalized spacial score (nSPS) is 10.2. The zero-order chi connectivity index (χ0) is 13.7. The van der Waals surface area contributed by atoms with Crippen molar-refractivity contribution in [2.75, 3.05) is 25.5 Å². The average molecular weight is 260 g/mol.